The van der Waals surface area contributed by atoms with E-state index >= 15 is 0 Å². The second-order valence-corrected chi connectivity index (χ2v) is 12.5. The monoisotopic (exact) mass is 528 g/mol. The molecule has 2 aliphatic rings. The maximum atomic E-state index is 13.8. The molecule has 3 N–H and O–H groups in total. The van der Waals surface area contributed by atoms with Gasteiger partial charge in [0.2, 0.25) is 17.7 Å². The van der Waals surface area contributed by atoms with Crippen LogP contribution in [0.25, 0.3) is 0 Å². The fraction of sp³-hybridized carbons (Fsp3) is 0.655. The second kappa shape index (κ2) is 11.7. The number of hydrogen-bond acceptors (Lipinski definition) is 5. The highest BCUT2D eigenvalue weighted by molar-refractivity contribution is 5.94. The van der Waals surface area contributed by atoms with Gasteiger partial charge >= 0.3 is 6.09 Å². The van der Waals surface area contributed by atoms with Crippen molar-refractivity contribution in [1.29, 1.82) is 0 Å². The highest BCUT2D eigenvalue weighted by atomic mass is 16.6. The van der Waals surface area contributed by atoms with Crippen LogP contribution in [0.15, 0.2) is 24.3 Å². The average molecular weight is 529 g/mol. The molecule has 0 aromatic heterocycles. The predicted molar refractivity (Wildman–Crippen MR) is 145 cm³/mol. The summed E-state index contributed by atoms with van der Waals surface area (Å²) in [6.45, 7) is 12.8. The molecule has 4 atom stereocenters. The first kappa shape index (κ1) is 29.5. The number of carbonyl (C=O) groups is 4. The number of amides is 4. The van der Waals surface area contributed by atoms with Crippen LogP contribution in [0, 0.1) is 5.41 Å². The average Bonchev–Trinajstić information content (AvgIpc) is 3.30. The van der Waals surface area contributed by atoms with Crippen molar-refractivity contribution in [2.45, 2.75) is 110 Å². The van der Waals surface area contributed by atoms with Crippen molar-refractivity contribution in [3.8, 4) is 0 Å². The van der Waals surface area contributed by atoms with Crippen molar-refractivity contribution in [3.63, 3.8) is 0 Å². The standard InChI is InChI=1S/C29H44N4O5/c1-18(30-27(37)38-29(5,6)7)24(34)32-23(28(2,3)4)26(36)33-17-11-16-22(33)25(35)31-21-15-10-13-19-12-8-9-14-20(19)21/h8-9,12,14,18,21-23H,10-11,13,15-17H2,1-7H3,(H,30,37)(H,31,35)(H,32,34). The number of nitrogens with one attached hydrogen (secondary N) is 3. The van der Waals surface area contributed by atoms with Gasteiger partial charge in [-0.05, 0) is 76.3 Å². The Morgan fingerprint density at radius 2 is 1.66 bits per heavy atom. The zero-order valence-electron chi connectivity index (χ0n) is 23.8. The highest BCUT2D eigenvalue weighted by Gasteiger charge is 2.42. The third-order valence-corrected chi connectivity index (χ3v) is 7.05. The van der Waals surface area contributed by atoms with Gasteiger partial charge < -0.3 is 25.6 Å². The number of hydrogen-bond donors (Lipinski definition) is 3. The minimum atomic E-state index is -0.911. The molecule has 210 valence electrons. The van der Waals surface area contributed by atoms with E-state index in [0.717, 1.165) is 24.8 Å². The van der Waals surface area contributed by atoms with Gasteiger partial charge in [-0.3, -0.25) is 14.4 Å². The molecule has 0 spiro atoms. The van der Waals surface area contributed by atoms with E-state index in [4.69, 9.17) is 4.74 Å². The van der Waals surface area contributed by atoms with Gasteiger partial charge in [-0.15, -0.1) is 0 Å². The fourth-order valence-electron chi connectivity index (χ4n) is 5.11. The number of ether oxygens (including phenoxy) is 1. The molecule has 1 aliphatic carbocycles. The molecule has 9 nitrogen and oxygen atoms in total. The summed E-state index contributed by atoms with van der Waals surface area (Å²) in [6.07, 6.45) is 3.46. The smallest absolute Gasteiger partial charge is 0.408 e. The molecule has 0 bridgehead atoms. The summed E-state index contributed by atoms with van der Waals surface area (Å²) in [6, 6.07) is 5.74. The molecule has 1 heterocycles. The Morgan fingerprint density at radius 1 is 0.974 bits per heavy atom. The van der Waals surface area contributed by atoms with Crippen molar-refractivity contribution >= 4 is 23.8 Å². The van der Waals surface area contributed by atoms with Gasteiger partial charge in [-0.1, -0.05) is 45.0 Å². The summed E-state index contributed by atoms with van der Waals surface area (Å²) in [4.78, 5) is 53.9. The summed E-state index contributed by atoms with van der Waals surface area (Å²) < 4.78 is 5.23. The molecule has 0 radical (unpaired) electrons. The normalized spacial score (nSPS) is 21.1. The van der Waals surface area contributed by atoms with Crippen molar-refractivity contribution in [2.24, 2.45) is 5.41 Å². The second-order valence-electron chi connectivity index (χ2n) is 12.5. The summed E-state index contributed by atoms with van der Waals surface area (Å²) >= 11 is 0. The first-order valence-electron chi connectivity index (χ1n) is 13.7. The fourth-order valence-corrected chi connectivity index (χ4v) is 5.11. The quantitative estimate of drug-likeness (QED) is 0.522. The Bertz CT molecular complexity index is 1040. The SMILES string of the molecule is CC(NC(=O)OC(C)(C)C)C(=O)NC(C(=O)N1CCCC1C(=O)NC1CCCc2ccccc21)C(C)(C)C. The van der Waals surface area contributed by atoms with Crippen LogP contribution in [0.5, 0.6) is 0 Å². The van der Waals surface area contributed by atoms with Crippen LogP contribution in [0.2, 0.25) is 0 Å². The number of rotatable bonds is 6. The Hall–Kier alpha value is -3.10. The molecule has 9 heteroatoms. The van der Waals surface area contributed by atoms with Gasteiger partial charge in [0.15, 0.2) is 0 Å². The van der Waals surface area contributed by atoms with Crippen LogP contribution >= 0.6 is 0 Å². The van der Waals surface area contributed by atoms with Crippen LogP contribution in [0.4, 0.5) is 4.79 Å². The maximum Gasteiger partial charge on any atom is 0.408 e. The first-order valence-corrected chi connectivity index (χ1v) is 13.7. The van der Waals surface area contributed by atoms with Crippen molar-refractivity contribution < 1.29 is 23.9 Å². The Balaban J connectivity index is 1.68. The van der Waals surface area contributed by atoms with Gasteiger partial charge in [-0.2, -0.15) is 0 Å². The molecular weight excluding hydrogens is 484 g/mol. The molecule has 0 saturated carbocycles. The highest BCUT2D eigenvalue weighted by Crippen LogP contribution is 2.31. The molecule has 1 fully saturated rings. The van der Waals surface area contributed by atoms with E-state index in [1.54, 1.807) is 25.7 Å². The van der Waals surface area contributed by atoms with Crippen molar-refractivity contribution in [2.75, 3.05) is 6.54 Å². The lowest BCUT2D eigenvalue weighted by Crippen LogP contribution is -2.60. The minimum absolute atomic E-state index is 0.0668. The Labute approximate surface area is 226 Å². The topological polar surface area (TPSA) is 117 Å². The van der Waals surface area contributed by atoms with E-state index in [0.29, 0.717) is 19.4 Å². The Kier molecular flexibility index (Phi) is 9.10. The van der Waals surface area contributed by atoms with Crippen LogP contribution in [0.3, 0.4) is 0 Å². The Morgan fingerprint density at radius 3 is 2.32 bits per heavy atom. The number of fused-ring (bicyclic) bond motifs is 1. The zero-order chi connectivity index (χ0) is 28.3. The largest absolute Gasteiger partial charge is 0.444 e. The van der Waals surface area contributed by atoms with Crippen LogP contribution in [-0.4, -0.2) is 59.0 Å². The number of carbonyl (C=O) groups excluding carboxylic acids is 4. The van der Waals surface area contributed by atoms with Crippen molar-refractivity contribution in [3.05, 3.63) is 35.4 Å². The van der Waals surface area contributed by atoms with Crippen molar-refractivity contribution in [1.82, 2.24) is 20.9 Å². The molecular formula is C29H44N4O5. The van der Waals surface area contributed by atoms with E-state index in [2.05, 4.69) is 28.1 Å². The number of nitrogens with zero attached hydrogens (tertiary/aromatic N) is 1. The van der Waals surface area contributed by atoms with E-state index < -0.39 is 41.1 Å². The summed E-state index contributed by atoms with van der Waals surface area (Å²) in [7, 11) is 0. The van der Waals surface area contributed by atoms with E-state index in [1.165, 1.54) is 12.5 Å². The molecule has 38 heavy (non-hydrogen) atoms. The van der Waals surface area contributed by atoms with Gasteiger partial charge in [0.1, 0.15) is 23.7 Å². The number of likely N-dealkylation sites (tertiary alicyclic amines) is 1. The van der Waals surface area contributed by atoms with Crippen LogP contribution in [0.1, 0.15) is 91.3 Å². The third-order valence-electron chi connectivity index (χ3n) is 7.05. The molecule has 1 aliphatic heterocycles. The molecule has 3 rings (SSSR count). The van der Waals surface area contributed by atoms with Gasteiger partial charge in [-0.25, -0.2) is 4.79 Å². The van der Waals surface area contributed by atoms with E-state index in [1.807, 2.05) is 32.9 Å². The van der Waals surface area contributed by atoms with Crippen LogP contribution in [-0.2, 0) is 25.5 Å². The summed E-state index contributed by atoms with van der Waals surface area (Å²) in [5.41, 5.74) is 1.09. The number of aryl methyl sites for hydroxylation is 1. The third kappa shape index (κ3) is 7.48. The lowest BCUT2D eigenvalue weighted by molar-refractivity contribution is -0.144. The van der Waals surface area contributed by atoms with Gasteiger partial charge in [0.25, 0.3) is 0 Å². The molecule has 4 unspecified atom stereocenters. The van der Waals surface area contributed by atoms with E-state index in [-0.39, 0.29) is 17.9 Å². The molecule has 1 aromatic carbocycles. The molecule has 1 aromatic rings. The molecule has 4 amide bonds. The van der Waals surface area contributed by atoms with Gasteiger partial charge in [0, 0.05) is 6.54 Å². The number of benzene rings is 1. The molecule has 1 saturated heterocycles. The lowest BCUT2D eigenvalue weighted by Gasteiger charge is -2.36. The minimum Gasteiger partial charge on any atom is -0.444 e. The number of alkyl carbamates (subject to hydrolysis) is 1. The lowest BCUT2D eigenvalue weighted by atomic mass is 9.85. The maximum absolute atomic E-state index is 13.8. The van der Waals surface area contributed by atoms with Gasteiger partial charge in [0.05, 0.1) is 6.04 Å². The van der Waals surface area contributed by atoms with E-state index in [9.17, 15) is 19.2 Å². The zero-order valence-corrected chi connectivity index (χ0v) is 23.8. The predicted octanol–water partition coefficient (Wildman–Crippen LogP) is 3.62. The summed E-state index contributed by atoms with van der Waals surface area (Å²) in [5, 5.41) is 8.54. The van der Waals surface area contributed by atoms with Crippen LogP contribution < -0.4 is 16.0 Å². The summed E-state index contributed by atoms with van der Waals surface area (Å²) in [5.74, 6) is -0.948. The first-order chi connectivity index (χ1) is 17.7.